The third-order valence-electron chi connectivity index (χ3n) is 3.54. The maximum atomic E-state index is 9.34. The lowest BCUT2D eigenvalue weighted by Crippen LogP contribution is -2.44. The molecule has 2 unspecified atom stereocenters. The van der Waals surface area contributed by atoms with Gasteiger partial charge >= 0.3 is 0 Å². The monoisotopic (exact) mass is 219 g/mol. The van der Waals surface area contributed by atoms with Crippen molar-refractivity contribution in [2.24, 2.45) is 5.92 Å². The zero-order chi connectivity index (χ0) is 11.4. The molecule has 2 rings (SSSR count). The molecule has 2 atom stereocenters. The van der Waals surface area contributed by atoms with Gasteiger partial charge in [0, 0.05) is 12.6 Å². The third kappa shape index (κ3) is 2.83. The van der Waals surface area contributed by atoms with E-state index in [0.717, 1.165) is 19.4 Å². The highest BCUT2D eigenvalue weighted by Gasteiger charge is 2.23. The zero-order valence-electron chi connectivity index (χ0n) is 9.95. The molecule has 1 fully saturated rings. The average molecular weight is 219 g/mol. The van der Waals surface area contributed by atoms with Crippen LogP contribution in [0.2, 0.25) is 0 Å². The van der Waals surface area contributed by atoms with Crippen LogP contribution in [0.3, 0.4) is 0 Å². The molecule has 0 radical (unpaired) electrons. The summed E-state index contributed by atoms with van der Waals surface area (Å²) in [7, 11) is 0. The summed E-state index contributed by atoms with van der Waals surface area (Å²) >= 11 is 0. The van der Waals surface area contributed by atoms with Crippen LogP contribution in [0.15, 0.2) is 24.3 Å². The molecule has 0 aliphatic carbocycles. The number of aliphatic hydroxyl groups is 1. The van der Waals surface area contributed by atoms with Crippen molar-refractivity contribution in [1.82, 2.24) is 5.32 Å². The van der Waals surface area contributed by atoms with Gasteiger partial charge < -0.3 is 10.4 Å². The van der Waals surface area contributed by atoms with Gasteiger partial charge in [0.2, 0.25) is 0 Å². The van der Waals surface area contributed by atoms with E-state index in [4.69, 9.17) is 0 Å². The van der Waals surface area contributed by atoms with Crippen LogP contribution in [-0.2, 0) is 6.42 Å². The second-order valence-electron chi connectivity index (χ2n) is 4.84. The predicted molar refractivity (Wildman–Crippen MR) is 66.5 cm³/mol. The molecule has 1 saturated heterocycles. The molecule has 16 heavy (non-hydrogen) atoms. The highest BCUT2D eigenvalue weighted by molar-refractivity contribution is 5.22. The van der Waals surface area contributed by atoms with Crippen LogP contribution in [0.1, 0.15) is 24.0 Å². The van der Waals surface area contributed by atoms with Crippen molar-refractivity contribution >= 4 is 0 Å². The second kappa shape index (κ2) is 5.46. The molecule has 1 aliphatic heterocycles. The molecule has 1 heterocycles. The first-order chi connectivity index (χ1) is 7.79. The van der Waals surface area contributed by atoms with Gasteiger partial charge in [-0.15, -0.1) is 0 Å². The minimum Gasteiger partial charge on any atom is -0.396 e. The first kappa shape index (κ1) is 11.6. The average Bonchev–Trinajstić information content (AvgIpc) is 2.33. The van der Waals surface area contributed by atoms with Crippen molar-refractivity contribution < 1.29 is 5.11 Å². The van der Waals surface area contributed by atoms with E-state index < -0.39 is 0 Å². The summed E-state index contributed by atoms with van der Waals surface area (Å²) in [6.45, 7) is 3.51. The third-order valence-corrected chi connectivity index (χ3v) is 3.54. The minimum atomic E-state index is 0.309. The number of hydrogen-bond donors (Lipinski definition) is 2. The smallest absolute Gasteiger partial charge is 0.0474 e. The van der Waals surface area contributed by atoms with E-state index in [-0.39, 0.29) is 0 Å². The maximum absolute atomic E-state index is 9.34. The van der Waals surface area contributed by atoms with E-state index in [0.29, 0.717) is 18.6 Å². The van der Waals surface area contributed by atoms with Crippen LogP contribution in [0.25, 0.3) is 0 Å². The molecule has 1 aliphatic rings. The van der Waals surface area contributed by atoms with Crippen molar-refractivity contribution in [3.8, 4) is 0 Å². The molecule has 2 nitrogen and oxygen atoms in total. The summed E-state index contributed by atoms with van der Waals surface area (Å²) in [6.07, 6.45) is 3.38. The van der Waals surface area contributed by atoms with Crippen molar-refractivity contribution in [1.29, 1.82) is 0 Å². The van der Waals surface area contributed by atoms with E-state index in [1.165, 1.54) is 17.5 Å². The highest BCUT2D eigenvalue weighted by atomic mass is 16.3. The van der Waals surface area contributed by atoms with Crippen LogP contribution >= 0.6 is 0 Å². The Morgan fingerprint density at radius 2 is 2.06 bits per heavy atom. The lowest BCUT2D eigenvalue weighted by Gasteiger charge is -2.31. The van der Waals surface area contributed by atoms with Gasteiger partial charge in [-0.05, 0) is 44.2 Å². The first-order valence-corrected chi connectivity index (χ1v) is 6.19. The molecule has 88 valence electrons. The Hall–Kier alpha value is -0.860. The standard InChI is InChI=1S/C14H21NO/c1-11-4-6-12(7-5-11)9-14-13(10-16)3-2-8-15-14/h4-7,13-16H,2-3,8-10H2,1H3. The summed E-state index contributed by atoms with van der Waals surface area (Å²) in [5.41, 5.74) is 2.67. The Balaban J connectivity index is 1.99. The summed E-state index contributed by atoms with van der Waals surface area (Å²) in [6, 6.07) is 9.15. The van der Waals surface area contributed by atoms with Crippen LogP contribution in [-0.4, -0.2) is 24.3 Å². The molecule has 0 spiro atoms. The van der Waals surface area contributed by atoms with Crippen molar-refractivity contribution in [2.45, 2.75) is 32.2 Å². The summed E-state index contributed by atoms with van der Waals surface area (Å²) in [4.78, 5) is 0. The molecule has 0 bridgehead atoms. The molecule has 0 saturated carbocycles. The minimum absolute atomic E-state index is 0.309. The molecule has 0 amide bonds. The van der Waals surface area contributed by atoms with Gasteiger partial charge in [-0.25, -0.2) is 0 Å². The number of hydrogen-bond acceptors (Lipinski definition) is 2. The molecule has 1 aromatic carbocycles. The van der Waals surface area contributed by atoms with Crippen LogP contribution < -0.4 is 5.32 Å². The normalized spacial score (nSPS) is 25.6. The molecule has 2 heteroatoms. The Morgan fingerprint density at radius 1 is 1.31 bits per heavy atom. The number of rotatable bonds is 3. The Kier molecular flexibility index (Phi) is 3.97. The fourth-order valence-electron chi connectivity index (χ4n) is 2.46. The zero-order valence-corrected chi connectivity index (χ0v) is 9.95. The van der Waals surface area contributed by atoms with Gasteiger partial charge in [-0.1, -0.05) is 29.8 Å². The van der Waals surface area contributed by atoms with E-state index in [1.807, 2.05) is 0 Å². The molecule has 2 N–H and O–H groups in total. The van der Waals surface area contributed by atoms with Gasteiger partial charge in [0.15, 0.2) is 0 Å². The quantitative estimate of drug-likeness (QED) is 0.814. The van der Waals surface area contributed by atoms with Gasteiger partial charge in [-0.3, -0.25) is 0 Å². The lowest BCUT2D eigenvalue weighted by atomic mass is 9.87. The topological polar surface area (TPSA) is 32.3 Å². The number of piperidine rings is 1. The van der Waals surface area contributed by atoms with E-state index in [9.17, 15) is 5.11 Å². The van der Waals surface area contributed by atoms with Crippen molar-refractivity contribution in [3.05, 3.63) is 35.4 Å². The van der Waals surface area contributed by atoms with Crippen LogP contribution in [0.5, 0.6) is 0 Å². The second-order valence-corrected chi connectivity index (χ2v) is 4.84. The molecular formula is C14H21NO. The number of aryl methyl sites for hydroxylation is 1. The van der Waals surface area contributed by atoms with Crippen LogP contribution in [0.4, 0.5) is 0 Å². The largest absolute Gasteiger partial charge is 0.396 e. The predicted octanol–water partition coefficient (Wildman–Crippen LogP) is 1.90. The van der Waals surface area contributed by atoms with Crippen LogP contribution in [0, 0.1) is 12.8 Å². The number of aliphatic hydroxyl groups excluding tert-OH is 1. The summed E-state index contributed by atoms with van der Waals surface area (Å²) in [5.74, 6) is 0.426. The Labute approximate surface area is 97.7 Å². The van der Waals surface area contributed by atoms with E-state index in [2.05, 4.69) is 36.5 Å². The first-order valence-electron chi connectivity index (χ1n) is 6.19. The molecule has 1 aromatic rings. The number of benzene rings is 1. The van der Waals surface area contributed by atoms with Gasteiger partial charge in [0.1, 0.15) is 0 Å². The van der Waals surface area contributed by atoms with Crippen molar-refractivity contribution in [3.63, 3.8) is 0 Å². The molecule has 0 aromatic heterocycles. The SMILES string of the molecule is Cc1ccc(CC2NCCCC2CO)cc1. The van der Waals surface area contributed by atoms with E-state index in [1.54, 1.807) is 0 Å². The van der Waals surface area contributed by atoms with E-state index >= 15 is 0 Å². The number of nitrogens with one attached hydrogen (secondary N) is 1. The lowest BCUT2D eigenvalue weighted by molar-refractivity contribution is 0.159. The fraction of sp³-hybridized carbons (Fsp3) is 0.571. The highest BCUT2D eigenvalue weighted by Crippen LogP contribution is 2.19. The summed E-state index contributed by atoms with van der Waals surface area (Å²) in [5, 5.41) is 12.9. The van der Waals surface area contributed by atoms with Crippen molar-refractivity contribution in [2.75, 3.05) is 13.2 Å². The summed E-state index contributed by atoms with van der Waals surface area (Å²) < 4.78 is 0. The van der Waals surface area contributed by atoms with Gasteiger partial charge in [0.25, 0.3) is 0 Å². The maximum Gasteiger partial charge on any atom is 0.0474 e. The molecular weight excluding hydrogens is 198 g/mol. The Bertz CT molecular complexity index is 320. The fourth-order valence-corrected chi connectivity index (χ4v) is 2.46. The van der Waals surface area contributed by atoms with Gasteiger partial charge in [0.05, 0.1) is 0 Å². The van der Waals surface area contributed by atoms with Gasteiger partial charge in [-0.2, -0.15) is 0 Å². The Morgan fingerprint density at radius 3 is 2.75 bits per heavy atom.